The molecule has 0 aliphatic carbocycles. The summed E-state index contributed by atoms with van der Waals surface area (Å²) < 4.78 is 3.78. The van der Waals surface area contributed by atoms with E-state index in [9.17, 15) is 0 Å². The van der Waals surface area contributed by atoms with Crippen molar-refractivity contribution >= 4 is 23.1 Å². The van der Waals surface area contributed by atoms with E-state index >= 15 is 0 Å². The largest absolute Gasteiger partial charge is 0.389 e. The summed E-state index contributed by atoms with van der Waals surface area (Å²) in [5.41, 5.74) is 0.710. The molecule has 0 saturated heterocycles. The molecule has 0 amide bonds. The van der Waals surface area contributed by atoms with E-state index in [1.165, 1.54) is 11.5 Å². The molecule has 0 bridgehead atoms. The maximum Gasteiger partial charge on any atom is 0.148 e. The molecular weight excluding hydrogens is 158 g/mol. The topological polar surface area (TPSA) is 33.1 Å². The first-order valence-corrected chi connectivity index (χ1v) is 3.71. The Labute approximate surface area is 62.3 Å². The minimum absolute atomic E-state index is 0.412. The molecule has 1 N–H and O–H groups in total. The molecule has 2 nitrogen and oxygen atoms in total. The average Bonchev–Trinajstić information content (AvgIpc) is 2.13. The molecule has 0 radical (unpaired) electrons. The molecule has 0 unspecified atom stereocenters. The highest BCUT2D eigenvalue weighted by Gasteiger charge is 2.06. The van der Waals surface area contributed by atoms with Crippen molar-refractivity contribution in [3.8, 4) is 0 Å². The Balaban J connectivity index is 2.94. The number of halogens is 1. The summed E-state index contributed by atoms with van der Waals surface area (Å²) in [6.45, 7) is 1.66. The lowest BCUT2D eigenvalue weighted by atomic mass is 10.2. The van der Waals surface area contributed by atoms with Gasteiger partial charge >= 0.3 is 0 Å². The standard InChI is InChI=1S/C5H6ClNOS/c1-3(8)4-2-9-7-5(4)6/h2-3,8H,1H3/t3-/m1/s1. The molecule has 0 saturated carbocycles. The number of aliphatic hydroxyl groups is 1. The molecule has 0 fully saturated rings. The molecule has 1 atom stereocenters. The van der Waals surface area contributed by atoms with Crippen LogP contribution in [0.4, 0.5) is 0 Å². The Bertz CT molecular complexity index is 199. The minimum atomic E-state index is -0.503. The first kappa shape index (κ1) is 6.99. The predicted molar refractivity (Wildman–Crippen MR) is 37.8 cm³/mol. The fraction of sp³-hybridized carbons (Fsp3) is 0.400. The van der Waals surface area contributed by atoms with Crippen molar-refractivity contribution in [2.24, 2.45) is 0 Å². The Morgan fingerprint density at radius 2 is 2.56 bits per heavy atom. The summed E-state index contributed by atoms with van der Waals surface area (Å²) >= 11 is 6.83. The molecule has 9 heavy (non-hydrogen) atoms. The van der Waals surface area contributed by atoms with Crippen LogP contribution in [0, 0.1) is 0 Å². The summed E-state index contributed by atoms with van der Waals surface area (Å²) in [6.07, 6.45) is -0.503. The van der Waals surface area contributed by atoms with Gasteiger partial charge in [-0.15, -0.1) is 0 Å². The smallest absolute Gasteiger partial charge is 0.148 e. The summed E-state index contributed by atoms with van der Waals surface area (Å²) in [7, 11) is 0. The van der Waals surface area contributed by atoms with Gasteiger partial charge in [0.2, 0.25) is 0 Å². The van der Waals surface area contributed by atoms with Crippen molar-refractivity contribution in [3.63, 3.8) is 0 Å². The van der Waals surface area contributed by atoms with Crippen LogP contribution in [-0.2, 0) is 0 Å². The number of aromatic nitrogens is 1. The van der Waals surface area contributed by atoms with Gasteiger partial charge in [0.15, 0.2) is 0 Å². The lowest BCUT2D eigenvalue weighted by molar-refractivity contribution is 0.199. The van der Waals surface area contributed by atoms with Crippen LogP contribution in [0.25, 0.3) is 0 Å². The molecule has 0 aliphatic heterocycles. The van der Waals surface area contributed by atoms with Gasteiger partial charge in [0.1, 0.15) is 5.15 Å². The van der Waals surface area contributed by atoms with Gasteiger partial charge < -0.3 is 5.11 Å². The van der Waals surface area contributed by atoms with Crippen LogP contribution in [-0.4, -0.2) is 9.48 Å². The normalized spacial score (nSPS) is 13.7. The van der Waals surface area contributed by atoms with Crippen LogP contribution in [0.3, 0.4) is 0 Å². The summed E-state index contributed by atoms with van der Waals surface area (Å²) in [4.78, 5) is 0. The van der Waals surface area contributed by atoms with Gasteiger partial charge in [-0.1, -0.05) is 11.6 Å². The van der Waals surface area contributed by atoms with Crippen molar-refractivity contribution < 1.29 is 5.11 Å². The molecule has 50 valence electrons. The minimum Gasteiger partial charge on any atom is -0.389 e. The molecule has 4 heteroatoms. The predicted octanol–water partition coefficient (Wildman–Crippen LogP) is 1.85. The van der Waals surface area contributed by atoms with E-state index in [0.29, 0.717) is 10.7 Å². The first-order valence-electron chi connectivity index (χ1n) is 2.49. The molecule has 1 aromatic heterocycles. The van der Waals surface area contributed by atoms with E-state index in [-0.39, 0.29) is 0 Å². The average molecular weight is 164 g/mol. The zero-order chi connectivity index (χ0) is 6.85. The Hall–Kier alpha value is -0.120. The second kappa shape index (κ2) is 2.64. The van der Waals surface area contributed by atoms with E-state index in [1.54, 1.807) is 12.3 Å². The van der Waals surface area contributed by atoms with Crippen LogP contribution in [0.5, 0.6) is 0 Å². The Kier molecular flexibility index (Phi) is 2.05. The Morgan fingerprint density at radius 3 is 2.78 bits per heavy atom. The number of nitrogens with zero attached hydrogens (tertiary/aromatic N) is 1. The third-order valence-electron chi connectivity index (χ3n) is 1.00. The third-order valence-corrected chi connectivity index (χ3v) is 2.05. The number of aliphatic hydroxyl groups excluding tert-OH is 1. The maximum absolute atomic E-state index is 8.98. The lowest BCUT2D eigenvalue weighted by Gasteiger charge is -1.97. The monoisotopic (exact) mass is 163 g/mol. The van der Waals surface area contributed by atoms with Crippen molar-refractivity contribution in [2.75, 3.05) is 0 Å². The van der Waals surface area contributed by atoms with Gasteiger partial charge in [-0.3, -0.25) is 0 Å². The molecule has 1 rings (SSSR count). The zero-order valence-electron chi connectivity index (χ0n) is 4.84. The third kappa shape index (κ3) is 1.41. The molecular formula is C5H6ClNOS. The second-order valence-corrected chi connectivity index (χ2v) is 2.72. The molecule has 0 aromatic carbocycles. The molecule has 0 spiro atoms. The highest BCUT2D eigenvalue weighted by atomic mass is 35.5. The highest BCUT2D eigenvalue weighted by molar-refractivity contribution is 7.04. The fourth-order valence-electron chi connectivity index (χ4n) is 0.502. The lowest BCUT2D eigenvalue weighted by Crippen LogP contribution is -1.87. The molecule has 0 aliphatic rings. The van der Waals surface area contributed by atoms with Crippen LogP contribution in [0.2, 0.25) is 5.15 Å². The SMILES string of the molecule is C[C@@H](O)c1csnc1Cl. The van der Waals surface area contributed by atoms with E-state index in [4.69, 9.17) is 16.7 Å². The van der Waals surface area contributed by atoms with Crippen LogP contribution >= 0.6 is 23.1 Å². The van der Waals surface area contributed by atoms with Gasteiger partial charge in [-0.25, -0.2) is 0 Å². The van der Waals surface area contributed by atoms with E-state index in [0.717, 1.165) is 0 Å². The van der Waals surface area contributed by atoms with Gasteiger partial charge in [0.05, 0.1) is 6.10 Å². The summed E-state index contributed by atoms with van der Waals surface area (Å²) in [6, 6.07) is 0. The van der Waals surface area contributed by atoms with Gasteiger partial charge in [0, 0.05) is 10.9 Å². The highest BCUT2D eigenvalue weighted by Crippen LogP contribution is 2.22. The zero-order valence-corrected chi connectivity index (χ0v) is 6.41. The summed E-state index contributed by atoms with van der Waals surface area (Å²) in [5.74, 6) is 0. The summed E-state index contributed by atoms with van der Waals surface area (Å²) in [5, 5.41) is 11.1. The Morgan fingerprint density at radius 1 is 1.89 bits per heavy atom. The first-order chi connectivity index (χ1) is 4.22. The van der Waals surface area contributed by atoms with Crippen LogP contribution in [0.15, 0.2) is 5.38 Å². The fourth-order valence-corrected chi connectivity index (χ4v) is 1.57. The van der Waals surface area contributed by atoms with Gasteiger partial charge in [-0.2, -0.15) is 4.37 Å². The second-order valence-electron chi connectivity index (χ2n) is 1.74. The van der Waals surface area contributed by atoms with Crippen molar-refractivity contribution in [1.82, 2.24) is 4.37 Å². The van der Waals surface area contributed by atoms with Gasteiger partial charge in [0.25, 0.3) is 0 Å². The van der Waals surface area contributed by atoms with E-state index < -0.39 is 6.10 Å². The molecule has 1 aromatic rings. The number of hydrogen-bond donors (Lipinski definition) is 1. The van der Waals surface area contributed by atoms with Gasteiger partial charge in [-0.05, 0) is 18.5 Å². The van der Waals surface area contributed by atoms with Crippen molar-refractivity contribution in [1.29, 1.82) is 0 Å². The number of rotatable bonds is 1. The number of hydrogen-bond acceptors (Lipinski definition) is 3. The van der Waals surface area contributed by atoms with Crippen molar-refractivity contribution in [3.05, 3.63) is 16.1 Å². The van der Waals surface area contributed by atoms with Crippen LogP contribution < -0.4 is 0 Å². The van der Waals surface area contributed by atoms with Crippen LogP contribution in [0.1, 0.15) is 18.6 Å². The molecule has 1 heterocycles. The maximum atomic E-state index is 8.98. The quantitative estimate of drug-likeness (QED) is 0.686. The van der Waals surface area contributed by atoms with Crippen molar-refractivity contribution in [2.45, 2.75) is 13.0 Å². The van der Waals surface area contributed by atoms with E-state index in [2.05, 4.69) is 4.37 Å². The van der Waals surface area contributed by atoms with E-state index in [1.807, 2.05) is 0 Å².